The van der Waals surface area contributed by atoms with E-state index >= 15 is 0 Å². The molecule has 0 bridgehead atoms. The van der Waals surface area contributed by atoms with E-state index in [4.69, 9.17) is 16.3 Å². The molecule has 0 atom stereocenters. The highest BCUT2D eigenvalue weighted by Gasteiger charge is 2.13. The molecule has 0 aliphatic rings. The standard InChI is InChI=1S/C10H7ClF2N2O2/c1-16-7-3-6-5(9(11)15-4-14-6)2-8(7)17-10(12)13/h2-4,10H,1H3. The zero-order valence-corrected chi connectivity index (χ0v) is 9.41. The third kappa shape index (κ3) is 2.36. The lowest BCUT2D eigenvalue weighted by Gasteiger charge is -2.10. The highest BCUT2D eigenvalue weighted by atomic mass is 35.5. The highest BCUT2D eigenvalue weighted by Crippen LogP contribution is 2.34. The molecule has 4 nitrogen and oxygen atoms in total. The molecule has 0 spiro atoms. The Kier molecular flexibility index (Phi) is 3.23. The van der Waals surface area contributed by atoms with E-state index in [0.717, 1.165) is 0 Å². The summed E-state index contributed by atoms with van der Waals surface area (Å²) in [6, 6.07) is 2.78. The van der Waals surface area contributed by atoms with Gasteiger partial charge in [0.25, 0.3) is 0 Å². The van der Waals surface area contributed by atoms with Crippen LogP contribution in [0.5, 0.6) is 11.5 Å². The van der Waals surface area contributed by atoms with Gasteiger partial charge in [-0.05, 0) is 6.07 Å². The number of halogens is 3. The van der Waals surface area contributed by atoms with Gasteiger partial charge in [0.15, 0.2) is 11.5 Å². The predicted octanol–water partition coefficient (Wildman–Crippen LogP) is 2.89. The minimum Gasteiger partial charge on any atom is -0.493 e. The average molecular weight is 261 g/mol. The fraction of sp³-hybridized carbons (Fsp3) is 0.200. The van der Waals surface area contributed by atoms with Crippen LogP contribution in [0.4, 0.5) is 8.78 Å². The van der Waals surface area contributed by atoms with E-state index in [-0.39, 0.29) is 16.7 Å². The number of hydrogen-bond donors (Lipinski definition) is 0. The number of nitrogens with zero attached hydrogens (tertiary/aromatic N) is 2. The van der Waals surface area contributed by atoms with E-state index in [1.807, 2.05) is 0 Å². The maximum absolute atomic E-state index is 12.2. The van der Waals surface area contributed by atoms with Gasteiger partial charge in [-0.15, -0.1) is 0 Å². The van der Waals surface area contributed by atoms with Gasteiger partial charge in [-0.25, -0.2) is 9.97 Å². The van der Waals surface area contributed by atoms with E-state index in [0.29, 0.717) is 10.9 Å². The van der Waals surface area contributed by atoms with E-state index in [2.05, 4.69) is 14.7 Å². The molecule has 0 unspecified atom stereocenters. The van der Waals surface area contributed by atoms with Gasteiger partial charge < -0.3 is 9.47 Å². The Morgan fingerprint density at radius 3 is 2.65 bits per heavy atom. The average Bonchev–Trinajstić information content (AvgIpc) is 2.29. The van der Waals surface area contributed by atoms with Crippen molar-refractivity contribution in [2.45, 2.75) is 6.61 Å². The summed E-state index contributed by atoms with van der Waals surface area (Å²) in [7, 11) is 1.35. The molecule has 0 fully saturated rings. The summed E-state index contributed by atoms with van der Waals surface area (Å²) < 4.78 is 33.7. The first-order chi connectivity index (χ1) is 8.11. The molecule has 0 aliphatic heterocycles. The summed E-state index contributed by atoms with van der Waals surface area (Å²) in [5.41, 5.74) is 0.489. The lowest BCUT2D eigenvalue weighted by Crippen LogP contribution is -2.03. The molecule has 0 N–H and O–H groups in total. The summed E-state index contributed by atoms with van der Waals surface area (Å²) in [5.74, 6) is 0.0549. The van der Waals surface area contributed by atoms with E-state index in [1.165, 1.54) is 25.6 Å². The summed E-state index contributed by atoms with van der Waals surface area (Å²) in [4.78, 5) is 7.71. The second kappa shape index (κ2) is 4.67. The maximum Gasteiger partial charge on any atom is 0.387 e. The van der Waals surface area contributed by atoms with Crippen LogP contribution < -0.4 is 9.47 Å². The lowest BCUT2D eigenvalue weighted by molar-refractivity contribution is -0.0511. The fourth-order valence-corrected chi connectivity index (χ4v) is 1.58. The highest BCUT2D eigenvalue weighted by molar-refractivity contribution is 6.34. The summed E-state index contributed by atoms with van der Waals surface area (Å²) in [5, 5.41) is 0.586. The van der Waals surface area contributed by atoms with Gasteiger partial charge in [-0.2, -0.15) is 8.78 Å². The van der Waals surface area contributed by atoms with Crippen LogP contribution >= 0.6 is 11.6 Å². The van der Waals surface area contributed by atoms with Crippen LogP contribution in [0.1, 0.15) is 0 Å². The first kappa shape index (κ1) is 11.8. The molecule has 0 radical (unpaired) electrons. The van der Waals surface area contributed by atoms with Crippen LogP contribution in [-0.4, -0.2) is 23.7 Å². The van der Waals surface area contributed by atoms with Crippen LogP contribution in [0.2, 0.25) is 5.15 Å². The Hall–Kier alpha value is -1.69. The minimum atomic E-state index is -2.94. The molecular formula is C10H7ClF2N2O2. The van der Waals surface area contributed by atoms with Gasteiger partial charge in [-0.1, -0.05) is 11.6 Å². The lowest BCUT2D eigenvalue weighted by atomic mass is 10.2. The van der Waals surface area contributed by atoms with E-state index in [9.17, 15) is 8.78 Å². The van der Waals surface area contributed by atoms with Gasteiger partial charge in [-0.3, -0.25) is 0 Å². The summed E-state index contributed by atoms with van der Waals surface area (Å²) >= 11 is 5.83. The second-order valence-corrected chi connectivity index (χ2v) is 3.42. The zero-order chi connectivity index (χ0) is 12.4. The predicted molar refractivity (Wildman–Crippen MR) is 57.7 cm³/mol. The Bertz CT molecular complexity index is 551. The Labute approximate surface area is 100 Å². The second-order valence-electron chi connectivity index (χ2n) is 3.06. The molecule has 1 aromatic carbocycles. The third-order valence-corrected chi connectivity index (χ3v) is 2.39. The smallest absolute Gasteiger partial charge is 0.387 e. The van der Waals surface area contributed by atoms with Crippen molar-refractivity contribution in [1.29, 1.82) is 0 Å². The molecule has 2 aromatic rings. The molecule has 0 saturated heterocycles. The molecule has 1 heterocycles. The topological polar surface area (TPSA) is 44.2 Å². The number of alkyl halides is 2. The van der Waals surface area contributed by atoms with Crippen molar-refractivity contribution in [3.8, 4) is 11.5 Å². The van der Waals surface area contributed by atoms with Gasteiger partial charge in [0.2, 0.25) is 0 Å². The normalized spacial score (nSPS) is 10.9. The molecule has 0 saturated carbocycles. The van der Waals surface area contributed by atoms with Gasteiger partial charge in [0, 0.05) is 11.5 Å². The van der Waals surface area contributed by atoms with Crippen molar-refractivity contribution in [1.82, 2.24) is 9.97 Å². The first-order valence-corrected chi connectivity index (χ1v) is 4.92. The Morgan fingerprint density at radius 1 is 1.24 bits per heavy atom. The van der Waals surface area contributed by atoms with E-state index in [1.54, 1.807) is 0 Å². The number of rotatable bonds is 3. The number of ether oxygens (including phenoxy) is 2. The van der Waals surface area contributed by atoms with Gasteiger partial charge in [0.1, 0.15) is 11.5 Å². The number of hydrogen-bond acceptors (Lipinski definition) is 4. The van der Waals surface area contributed by atoms with Crippen LogP contribution in [0, 0.1) is 0 Å². The molecule has 7 heteroatoms. The van der Waals surface area contributed by atoms with Crippen LogP contribution in [0.3, 0.4) is 0 Å². The van der Waals surface area contributed by atoms with Gasteiger partial charge >= 0.3 is 6.61 Å². The molecular weight excluding hydrogens is 254 g/mol. The van der Waals surface area contributed by atoms with Crippen molar-refractivity contribution in [2.75, 3.05) is 7.11 Å². The monoisotopic (exact) mass is 260 g/mol. The molecule has 90 valence electrons. The number of fused-ring (bicyclic) bond motifs is 1. The van der Waals surface area contributed by atoms with Crippen molar-refractivity contribution in [2.24, 2.45) is 0 Å². The SMILES string of the molecule is COc1cc2ncnc(Cl)c2cc1OC(F)F. The quantitative estimate of drug-likeness (QED) is 0.796. The maximum atomic E-state index is 12.2. The van der Waals surface area contributed by atoms with Crippen LogP contribution in [-0.2, 0) is 0 Å². The minimum absolute atomic E-state index is 0.105. The molecule has 2 rings (SSSR count). The Morgan fingerprint density at radius 2 is 2.00 bits per heavy atom. The number of aromatic nitrogens is 2. The molecule has 0 amide bonds. The number of benzene rings is 1. The largest absolute Gasteiger partial charge is 0.493 e. The van der Waals surface area contributed by atoms with Crippen molar-refractivity contribution < 1.29 is 18.3 Å². The van der Waals surface area contributed by atoms with Crippen LogP contribution in [0.25, 0.3) is 10.9 Å². The number of methoxy groups -OCH3 is 1. The fourth-order valence-electron chi connectivity index (χ4n) is 1.38. The first-order valence-electron chi connectivity index (χ1n) is 4.55. The summed E-state index contributed by atoms with van der Waals surface area (Å²) in [6.07, 6.45) is 1.28. The Balaban J connectivity index is 2.61. The molecule has 17 heavy (non-hydrogen) atoms. The van der Waals surface area contributed by atoms with Crippen LogP contribution in [0.15, 0.2) is 18.5 Å². The zero-order valence-electron chi connectivity index (χ0n) is 8.65. The molecule has 1 aromatic heterocycles. The van der Waals surface area contributed by atoms with Crippen molar-refractivity contribution in [3.63, 3.8) is 0 Å². The molecule has 0 aliphatic carbocycles. The van der Waals surface area contributed by atoms with Crippen molar-refractivity contribution >= 4 is 22.5 Å². The van der Waals surface area contributed by atoms with Crippen molar-refractivity contribution in [3.05, 3.63) is 23.6 Å². The van der Waals surface area contributed by atoms with E-state index < -0.39 is 6.61 Å². The third-order valence-electron chi connectivity index (χ3n) is 2.09. The van der Waals surface area contributed by atoms with Gasteiger partial charge in [0.05, 0.1) is 12.6 Å². The summed E-state index contributed by atoms with van der Waals surface area (Å²) in [6.45, 7) is -2.94.